The monoisotopic (exact) mass is 186 g/mol. The molecule has 1 rings (SSSR count). The van der Waals surface area contributed by atoms with Gasteiger partial charge in [0.2, 0.25) is 0 Å². The Bertz CT molecular complexity index is 148. The van der Waals surface area contributed by atoms with Gasteiger partial charge in [-0.25, -0.2) is 0 Å². The van der Waals surface area contributed by atoms with Crippen LogP contribution in [0.2, 0.25) is 0 Å². The summed E-state index contributed by atoms with van der Waals surface area (Å²) in [7, 11) is 0. The SMILES string of the molecule is CC(O)CN1CCCCC1C(C)N. The fourth-order valence-electron chi connectivity index (χ4n) is 2.18. The molecule has 0 aromatic rings. The van der Waals surface area contributed by atoms with Crippen molar-refractivity contribution in [1.82, 2.24) is 4.90 Å². The lowest BCUT2D eigenvalue weighted by Crippen LogP contribution is -2.51. The van der Waals surface area contributed by atoms with Crippen molar-refractivity contribution >= 4 is 0 Å². The second kappa shape index (κ2) is 4.94. The van der Waals surface area contributed by atoms with Crippen molar-refractivity contribution in [3.63, 3.8) is 0 Å². The minimum atomic E-state index is -0.237. The molecule has 3 N–H and O–H groups in total. The maximum absolute atomic E-state index is 9.32. The van der Waals surface area contributed by atoms with E-state index >= 15 is 0 Å². The average molecular weight is 186 g/mol. The zero-order chi connectivity index (χ0) is 9.84. The second-order valence-electron chi connectivity index (χ2n) is 4.27. The predicted octanol–water partition coefficient (Wildman–Crippen LogP) is 0.569. The van der Waals surface area contributed by atoms with E-state index in [-0.39, 0.29) is 12.1 Å². The zero-order valence-corrected chi connectivity index (χ0v) is 8.74. The maximum atomic E-state index is 9.32. The van der Waals surface area contributed by atoms with Crippen LogP contribution in [0.15, 0.2) is 0 Å². The first-order valence-electron chi connectivity index (χ1n) is 5.29. The number of β-amino-alcohol motifs (C(OH)–C–C–N with tert-alkyl or cyclic N) is 1. The molecular weight excluding hydrogens is 164 g/mol. The van der Waals surface area contributed by atoms with E-state index in [1.165, 1.54) is 19.3 Å². The maximum Gasteiger partial charge on any atom is 0.0639 e. The van der Waals surface area contributed by atoms with Gasteiger partial charge in [0.15, 0.2) is 0 Å². The summed E-state index contributed by atoms with van der Waals surface area (Å²) in [5.74, 6) is 0. The Labute approximate surface area is 80.9 Å². The van der Waals surface area contributed by atoms with Crippen molar-refractivity contribution < 1.29 is 5.11 Å². The highest BCUT2D eigenvalue weighted by Gasteiger charge is 2.25. The van der Waals surface area contributed by atoms with Crippen molar-refractivity contribution in [1.29, 1.82) is 0 Å². The van der Waals surface area contributed by atoms with Gasteiger partial charge in [-0.15, -0.1) is 0 Å². The van der Waals surface area contributed by atoms with E-state index in [1.54, 1.807) is 0 Å². The van der Waals surface area contributed by atoms with Crippen LogP contribution in [-0.2, 0) is 0 Å². The number of nitrogens with zero attached hydrogens (tertiary/aromatic N) is 1. The third kappa shape index (κ3) is 3.25. The topological polar surface area (TPSA) is 49.5 Å². The van der Waals surface area contributed by atoms with E-state index in [1.807, 2.05) is 6.92 Å². The van der Waals surface area contributed by atoms with Gasteiger partial charge in [-0.05, 0) is 33.2 Å². The number of hydrogen-bond donors (Lipinski definition) is 2. The van der Waals surface area contributed by atoms with Gasteiger partial charge in [0.05, 0.1) is 6.10 Å². The first kappa shape index (κ1) is 11.0. The van der Waals surface area contributed by atoms with Gasteiger partial charge in [-0.1, -0.05) is 6.42 Å². The third-order valence-electron chi connectivity index (χ3n) is 2.77. The van der Waals surface area contributed by atoms with Crippen LogP contribution in [-0.4, -0.2) is 41.3 Å². The minimum Gasteiger partial charge on any atom is -0.392 e. The predicted molar refractivity (Wildman–Crippen MR) is 54.5 cm³/mol. The summed E-state index contributed by atoms with van der Waals surface area (Å²) < 4.78 is 0. The van der Waals surface area contributed by atoms with E-state index in [9.17, 15) is 5.11 Å². The fourth-order valence-corrected chi connectivity index (χ4v) is 2.18. The van der Waals surface area contributed by atoms with Crippen LogP contribution in [0.1, 0.15) is 33.1 Å². The zero-order valence-electron chi connectivity index (χ0n) is 8.74. The van der Waals surface area contributed by atoms with Crippen LogP contribution in [0.3, 0.4) is 0 Å². The molecule has 3 atom stereocenters. The van der Waals surface area contributed by atoms with Crippen LogP contribution in [0.4, 0.5) is 0 Å². The lowest BCUT2D eigenvalue weighted by atomic mass is 9.97. The number of nitrogens with two attached hydrogens (primary N) is 1. The number of rotatable bonds is 3. The van der Waals surface area contributed by atoms with Crippen LogP contribution in [0, 0.1) is 0 Å². The first-order chi connectivity index (χ1) is 6.11. The highest BCUT2D eigenvalue weighted by molar-refractivity contribution is 4.83. The molecule has 0 aliphatic carbocycles. The molecule has 0 aromatic heterocycles. The quantitative estimate of drug-likeness (QED) is 0.677. The molecule has 1 fully saturated rings. The van der Waals surface area contributed by atoms with Gasteiger partial charge >= 0.3 is 0 Å². The first-order valence-corrected chi connectivity index (χ1v) is 5.29. The van der Waals surface area contributed by atoms with Gasteiger partial charge in [0.1, 0.15) is 0 Å². The van der Waals surface area contributed by atoms with Crippen LogP contribution >= 0.6 is 0 Å². The van der Waals surface area contributed by atoms with E-state index in [0.29, 0.717) is 6.04 Å². The van der Waals surface area contributed by atoms with E-state index in [0.717, 1.165) is 13.1 Å². The summed E-state index contributed by atoms with van der Waals surface area (Å²) in [6, 6.07) is 0.697. The summed E-state index contributed by atoms with van der Waals surface area (Å²) in [6.07, 6.45) is 3.47. The molecule has 1 saturated heterocycles. The summed E-state index contributed by atoms with van der Waals surface area (Å²) in [5, 5.41) is 9.32. The van der Waals surface area contributed by atoms with Gasteiger partial charge in [0.25, 0.3) is 0 Å². The molecule has 0 aromatic carbocycles. The summed E-state index contributed by atoms with van der Waals surface area (Å²) in [4.78, 5) is 2.33. The van der Waals surface area contributed by atoms with Crippen LogP contribution in [0.25, 0.3) is 0 Å². The number of aliphatic hydroxyl groups excluding tert-OH is 1. The molecule has 13 heavy (non-hydrogen) atoms. The van der Waals surface area contributed by atoms with Gasteiger partial charge < -0.3 is 10.8 Å². The third-order valence-corrected chi connectivity index (χ3v) is 2.77. The molecule has 1 aliphatic rings. The van der Waals surface area contributed by atoms with Crippen LogP contribution < -0.4 is 5.73 Å². The molecule has 0 bridgehead atoms. The van der Waals surface area contributed by atoms with Crippen LogP contribution in [0.5, 0.6) is 0 Å². The Kier molecular flexibility index (Phi) is 4.16. The lowest BCUT2D eigenvalue weighted by Gasteiger charge is -2.38. The highest BCUT2D eigenvalue weighted by Crippen LogP contribution is 2.18. The molecule has 3 heteroatoms. The fraction of sp³-hybridized carbons (Fsp3) is 1.00. The normalized spacial score (nSPS) is 30.0. The Morgan fingerprint density at radius 3 is 2.69 bits per heavy atom. The van der Waals surface area contributed by atoms with Crippen molar-refractivity contribution in [3.8, 4) is 0 Å². The largest absolute Gasteiger partial charge is 0.392 e. The number of piperidine rings is 1. The van der Waals surface area contributed by atoms with E-state index in [2.05, 4.69) is 11.8 Å². The molecule has 78 valence electrons. The highest BCUT2D eigenvalue weighted by atomic mass is 16.3. The average Bonchev–Trinajstić information content (AvgIpc) is 2.03. The number of likely N-dealkylation sites (tertiary alicyclic amines) is 1. The van der Waals surface area contributed by atoms with Crippen molar-refractivity contribution in [2.24, 2.45) is 5.73 Å². The van der Waals surface area contributed by atoms with E-state index in [4.69, 9.17) is 5.73 Å². The van der Waals surface area contributed by atoms with Gasteiger partial charge in [-0.3, -0.25) is 4.90 Å². The van der Waals surface area contributed by atoms with Gasteiger partial charge in [0, 0.05) is 18.6 Å². The molecule has 0 spiro atoms. The van der Waals surface area contributed by atoms with Crippen molar-refractivity contribution in [3.05, 3.63) is 0 Å². The molecule has 1 heterocycles. The summed E-state index contributed by atoms with van der Waals surface area (Å²) >= 11 is 0. The molecule has 0 amide bonds. The summed E-state index contributed by atoms with van der Waals surface area (Å²) in [5.41, 5.74) is 5.91. The Morgan fingerprint density at radius 2 is 2.15 bits per heavy atom. The Hall–Kier alpha value is -0.120. The Morgan fingerprint density at radius 1 is 1.46 bits per heavy atom. The standard InChI is InChI=1S/C10H22N2O/c1-8(13)7-12-6-4-3-5-10(12)9(2)11/h8-10,13H,3-7,11H2,1-2H3. The smallest absolute Gasteiger partial charge is 0.0639 e. The number of hydrogen-bond acceptors (Lipinski definition) is 3. The number of aliphatic hydroxyl groups is 1. The van der Waals surface area contributed by atoms with Gasteiger partial charge in [-0.2, -0.15) is 0 Å². The molecular formula is C10H22N2O. The molecule has 3 unspecified atom stereocenters. The van der Waals surface area contributed by atoms with Crippen molar-refractivity contribution in [2.75, 3.05) is 13.1 Å². The summed E-state index contributed by atoms with van der Waals surface area (Å²) in [6.45, 7) is 5.77. The molecule has 3 nitrogen and oxygen atoms in total. The molecule has 0 radical (unpaired) electrons. The second-order valence-corrected chi connectivity index (χ2v) is 4.27. The minimum absolute atomic E-state index is 0.221. The molecule has 1 aliphatic heterocycles. The lowest BCUT2D eigenvalue weighted by molar-refractivity contribution is 0.0681. The molecule has 0 saturated carbocycles. The Balaban J connectivity index is 2.46. The van der Waals surface area contributed by atoms with Crippen molar-refractivity contribution in [2.45, 2.75) is 51.3 Å². The van der Waals surface area contributed by atoms with E-state index < -0.39 is 0 Å².